The highest BCUT2D eigenvalue weighted by molar-refractivity contribution is 9.10. The summed E-state index contributed by atoms with van der Waals surface area (Å²) in [5, 5.41) is 4.79. The number of hydrogen-bond acceptors (Lipinski definition) is 4. The smallest absolute Gasteiger partial charge is 0.111 e. The zero-order valence-corrected chi connectivity index (χ0v) is 14.4. The predicted octanol–water partition coefficient (Wildman–Crippen LogP) is 3.95. The van der Waals surface area contributed by atoms with Gasteiger partial charge in [0.1, 0.15) is 5.01 Å². The number of likely N-dealkylation sites (tertiary alicyclic amines) is 1. The van der Waals surface area contributed by atoms with Crippen LogP contribution in [0.4, 0.5) is 0 Å². The van der Waals surface area contributed by atoms with Gasteiger partial charge in [-0.05, 0) is 63.5 Å². The summed E-state index contributed by atoms with van der Waals surface area (Å²) in [6.45, 7) is 3.58. The van der Waals surface area contributed by atoms with Crippen LogP contribution in [0.25, 0.3) is 10.2 Å². The summed E-state index contributed by atoms with van der Waals surface area (Å²) in [5.41, 5.74) is 1.14. The molecule has 0 bridgehead atoms. The van der Waals surface area contributed by atoms with Gasteiger partial charge in [0.15, 0.2) is 0 Å². The summed E-state index contributed by atoms with van der Waals surface area (Å²) in [5.74, 6) is 0. The van der Waals surface area contributed by atoms with Crippen molar-refractivity contribution in [3.8, 4) is 0 Å². The number of thiazole rings is 1. The van der Waals surface area contributed by atoms with Crippen molar-refractivity contribution in [1.82, 2.24) is 15.2 Å². The van der Waals surface area contributed by atoms with Crippen molar-refractivity contribution in [1.29, 1.82) is 0 Å². The maximum atomic E-state index is 4.93. The number of fused-ring (bicyclic) bond motifs is 1. The van der Waals surface area contributed by atoms with E-state index in [1.54, 1.807) is 0 Å². The number of nitrogens with one attached hydrogen (secondary N) is 1. The van der Waals surface area contributed by atoms with Gasteiger partial charge in [-0.2, -0.15) is 0 Å². The van der Waals surface area contributed by atoms with Crippen LogP contribution in [0, 0.1) is 0 Å². The van der Waals surface area contributed by atoms with E-state index in [-0.39, 0.29) is 0 Å². The quantitative estimate of drug-likeness (QED) is 0.873. The van der Waals surface area contributed by atoms with Crippen LogP contribution in [0.2, 0.25) is 0 Å². The fourth-order valence-electron chi connectivity index (χ4n) is 3.69. The minimum Gasteiger partial charge on any atom is -0.317 e. The Labute approximate surface area is 137 Å². The van der Waals surface area contributed by atoms with Crippen LogP contribution in [-0.2, 0) is 0 Å². The summed E-state index contributed by atoms with van der Waals surface area (Å²) in [6.07, 6.45) is 5.15. The minimum absolute atomic E-state index is 0.546. The van der Waals surface area contributed by atoms with Crippen LogP contribution < -0.4 is 5.32 Å². The fourth-order valence-corrected chi connectivity index (χ4v) is 5.14. The summed E-state index contributed by atoms with van der Waals surface area (Å²) in [4.78, 5) is 7.66. The lowest BCUT2D eigenvalue weighted by atomic mass is 10.0. The fraction of sp³-hybridized carbons (Fsp3) is 0.562. The molecule has 4 rings (SSSR count). The number of piperidine rings is 1. The standard InChI is InChI=1S/C16H20BrN3S/c17-11-3-4-15-13(10-11)19-16(21-15)14-2-1-9-20(14)12-5-7-18-8-6-12/h3-4,10,12,14,18H,1-2,5-9H2. The largest absolute Gasteiger partial charge is 0.317 e. The van der Waals surface area contributed by atoms with E-state index in [1.807, 2.05) is 11.3 Å². The molecule has 0 amide bonds. The lowest BCUT2D eigenvalue weighted by Gasteiger charge is -2.35. The van der Waals surface area contributed by atoms with Gasteiger partial charge in [-0.25, -0.2) is 4.98 Å². The molecule has 3 nitrogen and oxygen atoms in total. The Morgan fingerprint density at radius 1 is 1.24 bits per heavy atom. The van der Waals surface area contributed by atoms with E-state index in [4.69, 9.17) is 4.98 Å². The maximum absolute atomic E-state index is 4.93. The number of nitrogens with zero attached hydrogens (tertiary/aromatic N) is 2. The molecule has 3 heterocycles. The van der Waals surface area contributed by atoms with Crippen molar-refractivity contribution in [2.45, 2.75) is 37.8 Å². The van der Waals surface area contributed by atoms with Crippen LogP contribution in [-0.4, -0.2) is 35.6 Å². The molecule has 2 fully saturated rings. The molecule has 1 N–H and O–H groups in total. The van der Waals surface area contributed by atoms with Gasteiger partial charge in [0, 0.05) is 10.5 Å². The summed E-state index contributed by atoms with van der Waals surface area (Å²) >= 11 is 5.43. The van der Waals surface area contributed by atoms with Gasteiger partial charge < -0.3 is 5.32 Å². The van der Waals surface area contributed by atoms with Crippen molar-refractivity contribution in [3.63, 3.8) is 0 Å². The van der Waals surface area contributed by atoms with Gasteiger partial charge in [0.2, 0.25) is 0 Å². The summed E-state index contributed by atoms with van der Waals surface area (Å²) < 4.78 is 2.43. The van der Waals surface area contributed by atoms with E-state index < -0.39 is 0 Å². The molecule has 112 valence electrons. The SMILES string of the molecule is Brc1ccc2sc(C3CCCN3C3CCNCC3)nc2c1. The highest BCUT2D eigenvalue weighted by atomic mass is 79.9. The zero-order valence-electron chi connectivity index (χ0n) is 12.0. The van der Waals surface area contributed by atoms with Crippen LogP contribution in [0.15, 0.2) is 22.7 Å². The Morgan fingerprint density at radius 3 is 2.95 bits per heavy atom. The minimum atomic E-state index is 0.546. The normalized spacial score (nSPS) is 24.9. The summed E-state index contributed by atoms with van der Waals surface area (Å²) in [6, 6.07) is 7.73. The number of halogens is 1. The molecule has 2 aromatic rings. The van der Waals surface area contributed by atoms with Gasteiger partial charge in [-0.15, -0.1) is 11.3 Å². The second-order valence-corrected chi connectivity index (χ2v) is 8.02. The molecular formula is C16H20BrN3S. The van der Waals surface area contributed by atoms with Crippen molar-refractivity contribution in [2.75, 3.05) is 19.6 Å². The number of rotatable bonds is 2. The van der Waals surface area contributed by atoms with Gasteiger partial charge in [-0.1, -0.05) is 15.9 Å². The molecular weight excluding hydrogens is 346 g/mol. The predicted molar refractivity (Wildman–Crippen MR) is 91.9 cm³/mol. The topological polar surface area (TPSA) is 28.2 Å². The van der Waals surface area contributed by atoms with Gasteiger partial charge in [-0.3, -0.25) is 4.90 Å². The first-order valence-corrected chi connectivity index (χ1v) is 9.45. The Hall–Kier alpha value is -0.490. The summed E-state index contributed by atoms with van der Waals surface area (Å²) in [7, 11) is 0. The average molecular weight is 366 g/mol. The van der Waals surface area contributed by atoms with E-state index in [9.17, 15) is 0 Å². The lowest BCUT2D eigenvalue weighted by molar-refractivity contribution is 0.148. The molecule has 2 aliphatic rings. The van der Waals surface area contributed by atoms with E-state index in [2.05, 4.69) is 44.3 Å². The average Bonchev–Trinajstić information content (AvgIpc) is 3.13. The zero-order chi connectivity index (χ0) is 14.2. The Morgan fingerprint density at radius 2 is 2.10 bits per heavy atom. The third-order valence-corrected chi connectivity index (χ3v) is 6.35. The Balaban J connectivity index is 1.63. The molecule has 1 unspecified atom stereocenters. The van der Waals surface area contributed by atoms with Gasteiger partial charge in [0.05, 0.1) is 16.3 Å². The third kappa shape index (κ3) is 2.77. The first-order valence-electron chi connectivity index (χ1n) is 7.84. The molecule has 2 saturated heterocycles. The second kappa shape index (κ2) is 5.95. The maximum Gasteiger partial charge on any atom is 0.111 e. The molecule has 1 atom stereocenters. The van der Waals surface area contributed by atoms with Crippen LogP contribution in [0.5, 0.6) is 0 Å². The highest BCUT2D eigenvalue weighted by Crippen LogP contribution is 2.39. The highest BCUT2D eigenvalue weighted by Gasteiger charge is 2.34. The van der Waals surface area contributed by atoms with E-state index in [0.29, 0.717) is 6.04 Å². The van der Waals surface area contributed by atoms with Gasteiger partial charge in [0.25, 0.3) is 0 Å². The van der Waals surface area contributed by atoms with E-state index in [0.717, 1.165) is 16.0 Å². The molecule has 21 heavy (non-hydrogen) atoms. The Kier molecular flexibility index (Phi) is 4.00. The lowest BCUT2D eigenvalue weighted by Crippen LogP contribution is -2.42. The van der Waals surface area contributed by atoms with Crippen LogP contribution in [0.3, 0.4) is 0 Å². The van der Waals surface area contributed by atoms with Crippen molar-refractivity contribution in [3.05, 3.63) is 27.7 Å². The number of hydrogen-bond donors (Lipinski definition) is 1. The molecule has 0 radical (unpaired) electrons. The monoisotopic (exact) mass is 365 g/mol. The third-order valence-electron chi connectivity index (χ3n) is 4.72. The molecule has 0 aliphatic carbocycles. The Bertz CT molecular complexity index is 635. The first kappa shape index (κ1) is 14.1. The molecule has 0 saturated carbocycles. The van der Waals surface area contributed by atoms with Crippen molar-refractivity contribution in [2.24, 2.45) is 0 Å². The molecule has 5 heteroatoms. The van der Waals surface area contributed by atoms with E-state index >= 15 is 0 Å². The molecule has 2 aliphatic heterocycles. The molecule has 0 spiro atoms. The van der Waals surface area contributed by atoms with Crippen molar-refractivity contribution < 1.29 is 0 Å². The number of aromatic nitrogens is 1. The van der Waals surface area contributed by atoms with E-state index in [1.165, 1.54) is 55.0 Å². The second-order valence-electron chi connectivity index (χ2n) is 6.04. The van der Waals surface area contributed by atoms with Crippen LogP contribution in [0.1, 0.15) is 36.7 Å². The number of benzene rings is 1. The van der Waals surface area contributed by atoms with Gasteiger partial charge >= 0.3 is 0 Å². The molecule has 1 aromatic carbocycles. The molecule has 1 aromatic heterocycles. The first-order chi connectivity index (χ1) is 10.3. The van der Waals surface area contributed by atoms with Crippen molar-refractivity contribution >= 4 is 37.5 Å². The van der Waals surface area contributed by atoms with Crippen LogP contribution >= 0.6 is 27.3 Å².